The SMILES string of the molecule is Cc1cc(=O)oc2cc(Oc3nc(-c4cccs4)cn4c(-c5cccs5)cnc34)ccc12. The molecule has 156 valence electrons. The molecule has 0 aliphatic carbocycles. The lowest BCUT2D eigenvalue weighted by molar-refractivity contribution is 0.464. The lowest BCUT2D eigenvalue weighted by Gasteiger charge is -2.10. The summed E-state index contributed by atoms with van der Waals surface area (Å²) < 4.78 is 13.6. The summed E-state index contributed by atoms with van der Waals surface area (Å²) in [5.41, 5.74) is 3.32. The lowest BCUT2D eigenvalue weighted by Crippen LogP contribution is -1.99. The van der Waals surface area contributed by atoms with E-state index in [0.717, 1.165) is 32.1 Å². The molecular weight excluding hydrogens is 442 g/mol. The Hall–Kier alpha value is -3.75. The second kappa shape index (κ2) is 7.44. The molecule has 0 N–H and O–H groups in total. The number of aromatic nitrogens is 3. The molecule has 0 saturated heterocycles. The predicted molar refractivity (Wildman–Crippen MR) is 127 cm³/mol. The highest BCUT2D eigenvalue weighted by Gasteiger charge is 2.17. The van der Waals surface area contributed by atoms with Gasteiger partial charge in [-0.05, 0) is 47.5 Å². The number of nitrogens with zero attached hydrogens (tertiary/aromatic N) is 3. The van der Waals surface area contributed by atoms with Gasteiger partial charge in [-0.1, -0.05) is 12.1 Å². The van der Waals surface area contributed by atoms with Crippen molar-refractivity contribution in [3.63, 3.8) is 0 Å². The van der Waals surface area contributed by atoms with Crippen molar-refractivity contribution < 1.29 is 9.15 Å². The highest BCUT2D eigenvalue weighted by atomic mass is 32.1. The molecule has 0 saturated carbocycles. The van der Waals surface area contributed by atoms with Crippen LogP contribution in [0.4, 0.5) is 0 Å². The maximum absolute atomic E-state index is 11.8. The van der Waals surface area contributed by atoms with Crippen LogP contribution >= 0.6 is 22.7 Å². The molecule has 0 atom stereocenters. The number of benzene rings is 1. The van der Waals surface area contributed by atoms with Gasteiger partial charge in [0.15, 0.2) is 0 Å². The van der Waals surface area contributed by atoms with Gasteiger partial charge < -0.3 is 9.15 Å². The molecule has 6 rings (SSSR count). The minimum Gasteiger partial charge on any atom is -0.436 e. The molecule has 6 aromatic rings. The van der Waals surface area contributed by atoms with Crippen LogP contribution in [0.5, 0.6) is 11.6 Å². The first-order valence-electron chi connectivity index (χ1n) is 9.84. The van der Waals surface area contributed by atoms with Crippen LogP contribution in [-0.4, -0.2) is 14.4 Å². The quantitative estimate of drug-likeness (QED) is 0.287. The van der Waals surface area contributed by atoms with Crippen molar-refractivity contribution in [2.75, 3.05) is 0 Å². The van der Waals surface area contributed by atoms with Crippen LogP contribution in [0, 0.1) is 6.92 Å². The maximum Gasteiger partial charge on any atom is 0.336 e. The molecule has 1 aromatic carbocycles. The van der Waals surface area contributed by atoms with Crippen molar-refractivity contribution in [2.24, 2.45) is 0 Å². The Morgan fingerprint density at radius 1 is 1.03 bits per heavy atom. The number of rotatable bonds is 4. The first-order chi connectivity index (χ1) is 15.7. The number of ether oxygens (including phenoxy) is 1. The smallest absolute Gasteiger partial charge is 0.336 e. The number of fused-ring (bicyclic) bond motifs is 2. The predicted octanol–water partition coefficient (Wildman–Crippen LogP) is 6.39. The van der Waals surface area contributed by atoms with Gasteiger partial charge in [0.05, 0.1) is 21.6 Å². The van der Waals surface area contributed by atoms with Gasteiger partial charge in [0.1, 0.15) is 17.0 Å². The third kappa shape index (κ3) is 3.21. The lowest BCUT2D eigenvalue weighted by atomic mass is 10.1. The molecule has 8 heteroatoms. The Morgan fingerprint density at radius 2 is 1.84 bits per heavy atom. The molecule has 0 bridgehead atoms. The molecule has 0 fully saturated rings. The fraction of sp³-hybridized carbons (Fsp3) is 0.0417. The van der Waals surface area contributed by atoms with Crippen LogP contribution in [0.3, 0.4) is 0 Å². The van der Waals surface area contributed by atoms with Gasteiger partial charge in [-0.25, -0.2) is 14.8 Å². The zero-order chi connectivity index (χ0) is 21.7. The van der Waals surface area contributed by atoms with E-state index in [0.29, 0.717) is 22.9 Å². The zero-order valence-electron chi connectivity index (χ0n) is 16.8. The summed E-state index contributed by atoms with van der Waals surface area (Å²) in [5, 5.41) is 4.92. The molecule has 6 nitrogen and oxygen atoms in total. The number of thiophene rings is 2. The van der Waals surface area contributed by atoms with Crippen molar-refractivity contribution in [3.8, 4) is 32.8 Å². The van der Waals surface area contributed by atoms with E-state index < -0.39 is 0 Å². The van der Waals surface area contributed by atoms with Gasteiger partial charge in [0.2, 0.25) is 5.65 Å². The largest absolute Gasteiger partial charge is 0.436 e. The highest BCUT2D eigenvalue weighted by Crippen LogP contribution is 2.34. The molecule has 5 aromatic heterocycles. The summed E-state index contributed by atoms with van der Waals surface area (Å²) in [7, 11) is 0. The summed E-state index contributed by atoms with van der Waals surface area (Å²) in [6.07, 6.45) is 3.82. The first-order valence-corrected chi connectivity index (χ1v) is 11.6. The Kier molecular flexibility index (Phi) is 4.41. The Labute approximate surface area is 190 Å². The molecule has 32 heavy (non-hydrogen) atoms. The van der Waals surface area contributed by atoms with E-state index in [-0.39, 0.29) is 5.63 Å². The summed E-state index contributed by atoms with van der Waals surface area (Å²) in [6, 6.07) is 15.0. The molecule has 0 amide bonds. The number of hydrogen-bond donors (Lipinski definition) is 0. The molecular formula is C24H15N3O3S2. The van der Waals surface area contributed by atoms with E-state index in [1.165, 1.54) is 6.07 Å². The third-order valence-electron chi connectivity index (χ3n) is 5.15. The Bertz CT molecular complexity index is 1630. The average Bonchev–Trinajstić information content (AvgIpc) is 3.53. The minimum absolute atomic E-state index is 0.382. The van der Waals surface area contributed by atoms with Crippen molar-refractivity contribution in [2.45, 2.75) is 6.92 Å². The zero-order valence-corrected chi connectivity index (χ0v) is 18.4. The third-order valence-corrected chi connectivity index (χ3v) is 6.93. The van der Waals surface area contributed by atoms with Crippen molar-refractivity contribution in [1.82, 2.24) is 14.4 Å². The summed E-state index contributed by atoms with van der Waals surface area (Å²) in [6.45, 7) is 1.88. The highest BCUT2D eigenvalue weighted by molar-refractivity contribution is 7.13. The monoisotopic (exact) mass is 457 g/mol. The van der Waals surface area contributed by atoms with Crippen molar-refractivity contribution in [3.05, 3.63) is 87.7 Å². The summed E-state index contributed by atoms with van der Waals surface area (Å²) >= 11 is 3.26. The van der Waals surface area contributed by atoms with Crippen molar-refractivity contribution >= 4 is 39.3 Å². The van der Waals surface area contributed by atoms with Crippen LogP contribution in [0.1, 0.15) is 5.56 Å². The van der Waals surface area contributed by atoms with Crippen LogP contribution < -0.4 is 10.4 Å². The molecule has 5 heterocycles. The van der Waals surface area contributed by atoms with E-state index in [2.05, 4.69) is 11.1 Å². The average molecular weight is 458 g/mol. The molecule has 0 unspecified atom stereocenters. The first kappa shape index (κ1) is 19.0. The van der Waals surface area contributed by atoms with Gasteiger partial charge in [0, 0.05) is 23.7 Å². The van der Waals surface area contributed by atoms with E-state index >= 15 is 0 Å². The molecule has 0 aliphatic heterocycles. The molecule has 0 spiro atoms. The topological polar surface area (TPSA) is 69.6 Å². The van der Waals surface area contributed by atoms with E-state index in [1.54, 1.807) is 28.7 Å². The van der Waals surface area contributed by atoms with Gasteiger partial charge in [-0.3, -0.25) is 4.40 Å². The molecule has 0 aliphatic rings. The van der Waals surface area contributed by atoms with Crippen LogP contribution in [-0.2, 0) is 0 Å². The maximum atomic E-state index is 11.8. The van der Waals surface area contributed by atoms with Gasteiger partial charge in [0.25, 0.3) is 5.88 Å². The van der Waals surface area contributed by atoms with Gasteiger partial charge in [-0.2, -0.15) is 0 Å². The summed E-state index contributed by atoms with van der Waals surface area (Å²) in [4.78, 5) is 23.3. The van der Waals surface area contributed by atoms with Crippen LogP contribution in [0.25, 0.3) is 37.8 Å². The number of imidazole rings is 1. The van der Waals surface area contributed by atoms with Crippen molar-refractivity contribution in [1.29, 1.82) is 0 Å². The number of aryl methyl sites for hydroxylation is 1. The molecule has 0 radical (unpaired) electrons. The second-order valence-corrected chi connectivity index (χ2v) is 9.13. The van der Waals surface area contributed by atoms with E-state index in [1.807, 2.05) is 64.8 Å². The minimum atomic E-state index is -0.388. The second-order valence-electron chi connectivity index (χ2n) is 7.23. The van der Waals surface area contributed by atoms with E-state index in [4.69, 9.17) is 14.1 Å². The van der Waals surface area contributed by atoms with Gasteiger partial charge in [-0.15, -0.1) is 22.7 Å². The van der Waals surface area contributed by atoms with E-state index in [9.17, 15) is 4.79 Å². The Morgan fingerprint density at radius 3 is 2.62 bits per heavy atom. The Balaban J connectivity index is 1.52. The van der Waals surface area contributed by atoms with Gasteiger partial charge >= 0.3 is 5.63 Å². The standard InChI is InChI=1S/C24H15N3O3S2/c1-14-10-22(28)30-19-11-15(6-7-16(14)19)29-24-23-25-12-18(21-5-3-9-32-21)27(23)13-17(26-24)20-4-2-8-31-20/h2-13H,1H3. The number of hydrogen-bond acceptors (Lipinski definition) is 7. The van der Waals surface area contributed by atoms with Crippen LogP contribution in [0.2, 0.25) is 0 Å². The fourth-order valence-electron chi connectivity index (χ4n) is 3.66. The summed E-state index contributed by atoms with van der Waals surface area (Å²) in [5.74, 6) is 0.901. The fourth-order valence-corrected chi connectivity index (χ4v) is 5.07. The normalized spacial score (nSPS) is 11.4. The van der Waals surface area contributed by atoms with Crippen LogP contribution in [0.15, 0.2) is 80.9 Å².